The number of hydrogen-bond donors (Lipinski definition) is 1. The molecule has 0 atom stereocenters. The van der Waals surface area contributed by atoms with Crippen LogP contribution in [0.25, 0.3) is 0 Å². The standard InChI is InChI=1S/C22H24F3N3O3S/c1-31-21(30)19-16-6-3-7-17(16)32-20(19)26-18(29)13-27-8-10-28(11-9-27)15-5-2-4-14(12-15)22(23,24)25/h2,4-5,12H,3,6-11,13H2,1H3,(H,26,29). The number of halogens is 3. The first-order chi connectivity index (χ1) is 15.3. The highest BCUT2D eigenvalue weighted by Gasteiger charge is 2.31. The van der Waals surface area contributed by atoms with Crippen molar-refractivity contribution < 1.29 is 27.5 Å². The first kappa shape index (κ1) is 22.6. The maximum Gasteiger partial charge on any atom is 0.416 e. The van der Waals surface area contributed by atoms with E-state index in [1.54, 1.807) is 6.07 Å². The Hall–Kier alpha value is -2.59. The molecule has 0 bridgehead atoms. The lowest BCUT2D eigenvalue weighted by Gasteiger charge is -2.36. The zero-order valence-electron chi connectivity index (χ0n) is 17.6. The molecule has 0 spiro atoms. The van der Waals surface area contributed by atoms with Crippen molar-refractivity contribution in [3.63, 3.8) is 0 Å². The number of amides is 1. The molecule has 0 saturated carbocycles. The fourth-order valence-corrected chi connectivity index (χ4v) is 5.52. The maximum atomic E-state index is 13.0. The number of rotatable bonds is 5. The molecule has 1 saturated heterocycles. The summed E-state index contributed by atoms with van der Waals surface area (Å²) in [5.41, 5.74) is 1.31. The molecule has 32 heavy (non-hydrogen) atoms. The molecule has 2 heterocycles. The average Bonchev–Trinajstić information content (AvgIpc) is 3.34. The molecule has 6 nitrogen and oxygen atoms in total. The average molecular weight is 468 g/mol. The molecule has 1 aliphatic carbocycles. The van der Waals surface area contributed by atoms with Gasteiger partial charge in [-0.3, -0.25) is 9.69 Å². The van der Waals surface area contributed by atoms with Crippen molar-refractivity contribution in [2.24, 2.45) is 0 Å². The summed E-state index contributed by atoms with van der Waals surface area (Å²) in [6, 6.07) is 5.30. The molecule has 0 radical (unpaired) electrons. The van der Waals surface area contributed by atoms with Crippen LogP contribution in [-0.4, -0.2) is 56.6 Å². The number of fused-ring (bicyclic) bond motifs is 1. The first-order valence-corrected chi connectivity index (χ1v) is 11.2. The van der Waals surface area contributed by atoms with Crippen molar-refractivity contribution in [3.8, 4) is 0 Å². The van der Waals surface area contributed by atoms with Crippen LogP contribution in [0.4, 0.5) is 23.9 Å². The largest absolute Gasteiger partial charge is 0.465 e. The molecule has 2 aromatic rings. The van der Waals surface area contributed by atoms with Gasteiger partial charge in [0.25, 0.3) is 0 Å². The Balaban J connectivity index is 1.35. The van der Waals surface area contributed by atoms with E-state index in [2.05, 4.69) is 5.32 Å². The number of piperazine rings is 1. The number of thiophene rings is 1. The number of ether oxygens (including phenoxy) is 1. The predicted octanol–water partition coefficient (Wildman–Crippen LogP) is 3.80. The van der Waals surface area contributed by atoms with E-state index in [0.29, 0.717) is 42.4 Å². The molecule has 172 valence electrons. The van der Waals surface area contributed by atoms with Crippen molar-refractivity contribution >= 4 is 33.9 Å². The Morgan fingerprint density at radius 1 is 1.16 bits per heavy atom. The molecule has 4 rings (SSSR count). The highest BCUT2D eigenvalue weighted by Crippen LogP contribution is 2.39. The minimum atomic E-state index is -4.37. The van der Waals surface area contributed by atoms with Crippen LogP contribution in [0.5, 0.6) is 0 Å². The SMILES string of the molecule is COC(=O)c1c(NC(=O)CN2CCN(c3cccc(C(F)(F)F)c3)CC2)sc2c1CCC2. The Bertz CT molecular complexity index is 1010. The van der Waals surface area contributed by atoms with Crippen LogP contribution >= 0.6 is 11.3 Å². The van der Waals surface area contributed by atoms with E-state index >= 15 is 0 Å². The summed E-state index contributed by atoms with van der Waals surface area (Å²) in [5, 5.41) is 3.40. The summed E-state index contributed by atoms with van der Waals surface area (Å²) in [4.78, 5) is 29.8. The van der Waals surface area contributed by atoms with Gasteiger partial charge in [-0.05, 0) is 43.0 Å². The number of methoxy groups -OCH3 is 1. The fourth-order valence-electron chi connectivity index (χ4n) is 4.22. The van der Waals surface area contributed by atoms with Crippen LogP contribution in [0.1, 0.15) is 32.8 Å². The van der Waals surface area contributed by atoms with Crippen LogP contribution in [0.2, 0.25) is 0 Å². The molecule has 0 unspecified atom stereocenters. The minimum Gasteiger partial charge on any atom is -0.465 e. The van der Waals surface area contributed by atoms with Gasteiger partial charge in [0.15, 0.2) is 0 Å². The Morgan fingerprint density at radius 2 is 1.91 bits per heavy atom. The summed E-state index contributed by atoms with van der Waals surface area (Å²) >= 11 is 1.43. The van der Waals surface area contributed by atoms with E-state index in [-0.39, 0.29) is 12.5 Å². The van der Waals surface area contributed by atoms with Crippen molar-refractivity contribution in [1.82, 2.24) is 4.90 Å². The third-order valence-electron chi connectivity index (χ3n) is 5.84. The third-order valence-corrected chi connectivity index (χ3v) is 7.05. The van der Waals surface area contributed by atoms with Crippen molar-refractivity contribution in [2.75, 3.05) is 50.1 Å². The van der Waals surface area contributed by atoms with Crippen LogP contribution in [0.15, 0.2) is 24.3 Å². The topological polar surface area (TPSA) is 61.9 Å². The zero-order chi connectivity index (χ0) is 22.9. The van der Waals surface area contributed by atoms with Crippen molar-refractivity contribution in [1.29, 1.82) is 0 Å². The third kappa shape index (κ3) is 4.75. The first-order valence-electron chi connectivity index (χ1n) is 10.4. The quantitative estimate of drug-likeness (QED) is 0.678. The van der Waals surface area contributed by atoms with Crippen molar-refractivity contribution in [3.05, 3.63) is 45.8 Å². The van der Waals surface area contributed by atoms with E-state index in [1.165, 1.54) is 24.5 Å². The second kappa shape index (κ2) is 9.11. The van der Waals surface area contributed by atoms with Crippen molar-refractivity contribution in [2.45, 2.75) is 25.4 Å². The number of nitrogens with one attached hydrogen (secondary N) is 1. The number of alkyl halides is 3. The van der Waals surface area contributed by atoms with E-state index in [0.717, 1.165) is 41.8 Å². The van der Waals surface area contributed by atoms with E-state index in [1.807, 2.05) is 9.80 Å². The minimum absolute atomic E-state index is 0.152. The molecular formula is C22H24F3N3O3S. The smallest absolute Gasteiger partial charge is 0.416 e. The van der Waals surface area contributed by atoms with Crippen LogP contribution in [0.3, 0.4) is 0 Å². The Kier molecular flexibility index (Phi) is 6.43. The van der Waals surface area contributed by atoms with Gasteiger partial charge in [-0.1, -0.05) is 6.07 Å². The lowest BCUT2D eigenvalue weighted by Crippen LogP contribution is -2.48. The molecule has 1 aromatic heterocycles. The molecule has 1 aromatic carbocycles. The van der Waals surface area contributed by atoms with Gasteiger partial charge < -0.3 is 15.0 Å². The number of carbonyl (C=O) groups excluding carboxylic acids is 2. The van der Waals surface area contributed by atoms with Crippen LogP contribution in [-0.2, 0) is 28.5 Å². The lowest BCUT2D eigenvalue weighted by atomic mass is 10.1. The van der Waals surface area contributed by atoms with E-state index in [9.17, 15) is 22.8 Å². The van der Waals surface area contributed by atoms with Gasteiger partial charge in [0, 0.05) is 36.7 Å². The molecule has 10 heteroatoms. The number of carbonyl (C=O) groups is 2. The second-order valence-electron chi connectivity index (χ2n) is 7.91. The Labute approximate surface area is 187 Å². The number of anilines is 2. The molecular weight excluding hydrogens is 443 g/mol. The summed E-state index contributed by atoms with van der Waals surface area (Å²) in [6.45, 7) is 2.30. The number of esters is 1. The van der Waals surface area contributed by atoms with E-state index < -0.39 is 17.7 Å². The lowest BCUT2D eigenvalue weighted by molar-refractivity contribution is -0.137. The fraction of sp³-hybridized carbons (Fsp3) is 0.455. The highest BCUT2D eigenvalue weighted by molar-refractivity contribution is 7.17. The maximum absolute atomic E-state index is 13.0. The molecule has 1 fully saturated rings. The number of hydrogen-bond acceptors (Lipinski definition) is 6. The van der Waals surface area contributed by atoms with Gasteiger partial charge >= 0.3 is 12.1 Å². The highest BCUT2D eigenvalue weighted by atomic mass is 32.1. The molecule has 1 aliphatic heterocycles. The second-order valence-corrected chi connectivity index (χ2v) is 9.02. The van der Waals surface area contributed by atoms with Gasteiger partial charge in [-0.2, -0.15) is 13.2 Å². The molecule has 1 amide bonds. The summed E-state index contributed by atoms with van der Waals surface area (Å²) in [5.74, 6) is -0.656. The van der Waals surface area contributed by atoms with Gasteiger partial charge in [0.1, 0.15) is 5.00 Å². The summed E-state index contributed by atoms with van der Waals surface area (Å²) in [7, 11) is 1.33. The number of aryl methyl sites for hydroxylation is 1. The number of benzene rings is 1. The molecule has 2 aliphatic rings. The predicted molar refractivity (Wildman–Crippen MR) is 116 cm³/mol. The van der Waals surface area contributed by atoms with Crippen LogP contribution in [0, 0.1) is 0 Å². The van der Waals surface area contributed by atoms with Gasteiger partial charge in [-0.25, -0.2) is 4.79 Å². The zero-order valence-corrected chi connectivity index (χ0v) is 18.4. The van der Waals surface area contributed by atoms with Gasteiger partial charge in [0.2, 0.25) is 5.91 Å². The monoisotopic (exact) mass is 467 g/mol. The van der Waals surface area contributed by atoms with Gasteiger partial charge in [-0.15, -0.1) is 11.3 Å². The number of nitrogens with zero attached hydrogens (tertiary/aromatic N) is 2. The van der Waals surface area contributed by atoms with E-state index in [4.69, 9.17) is 4.74 Å². The van der Waals surface area contributed by atoms with Gasteiger partial charge in [0.05, 0.1) is 24.8 Å². The summed E-state index contributed by atoms with van der Waals surface area (Å²) < 4.78 is 43.8. The summed E-state index contributed by atoms with van der Waals surface area (Å²) in [6.07, 6.45) is -1.67. The Morgan fingerprint density at radius 3 is 2.59 bits per heavy atom. The normalized spacial score (nSPS) is 16.7. The molecule has 1 N–H and O–H groups in total. The van der Waals surface area contributed by atoms with Crippen LogP contribution < -0.4 is 10.2 Å².